The van der Waals surface area contributed by atoms with E-state index in [4.69, 9.17) is 9.84 Å². The maximum atomic E-state index is 13.5. The molecular weight excluding hydrogens is 595 g/mol. The molecule has 1 aromatic heterocycles. The molecule has 0 unspecified atom stereocenters. The van der Waals surface area contributed by atoms with Crippen molar-refractivity contribution in [1.29, 1.82) is 0 Å². The number of aromatic hydroxyl groups is 1. The van der Waals surface area contributed by atoms with Crippen molar-refractivity contribution in [1.82, 2.24) is 4.57 Å². The van der Waals surface area contributed by atoms with Gasteiger partial charge in [0.1, 0.15) is 11.6 Å². The van der Waals surface area contributed by atoms with E-state index in [2.05, 4.69) is 10.8 Å². The van der Waals surface area contributed by atoms with Crippen molar-refractivity contribution in [3.8, 4) is 11.4 Å². The van der Waals surface area contributed by atoms with Gasteiger partial charge < -0.3 is 19.5 Å². The first kappa shape index (κ1) is 24.0. The maximum Gasteiger partial charge on any atom is 0.126 e. The van der Waals surface area contributed by atoms with E-state index in [0.29, 0.717) is 11.5 Å². The fourth-order valence-corrected chi connectivity index (χ4v) is 3.47. The molecule has 154 valence electrons. The Morgan fingerprint density at radius 1 is 1.03 bits per heavy atom. The standard InChI is InChI=1S/C18H16FNO.C4H8O.CH4O.U/c1-11-8-13(4-6-17(11)19)20-10-16(12-2-3-12)15-9-14(21)5-7-18(15)20;1-2-4-5-3-1;1-2;/h4-10,12,21H,2-3H2,1H3;1-4H2;2H,1H3;. The summed E-state index contributed by atoms with van der Waals surface area (Å²) in [4.78, 5) is 0. The second-order valence-corrected chi connectivity index (χ2v) is 7.18. The first-order valence-electron chi connectivity index (χ1n) is 9.76. The predicted octanol–water partition coefficient (Wildman–Crippen LogP) is 5.07. The number of nitrogens with zero attached hydrogens (tertiary/aromatic N) is 1. The second-order valence-electron chi connectivity index (χ2n) is 7.18. The fourth-order valence-electron chi connectivity index (χ4n) is 3.47. The van der Waals surface area contributed by atoms with E-state index < -0.39 is 0 Å². The fraction of sp³-hybridized carbons (Fsp3) is 0.391. The molecule has 1 aliphatic heterocycles. The van der Waals surface area contributed by atoms with E-state index in [9.17, 15) is 9.50 Å². The number of aryl methyl sites for hydroxylation is 1. The molecule has 1 aliphatic carbocycles. The minimum atomic E-state index is -0.185. The third-order valence-corrected chi connectivity index (χ3v) is 5.08. The van der Waals surface area contributed by atoms with Crippen LogP contribution in [0.25, 0.3) is 16.6 Å². The van der Waals surface area contributed by atoms with Crippen LogP contribution in [0.3, 0.4) is 0 Å². The molecule has 0 amide bonds. The quantitative estimate of drug-likeness (QED) is 0.420. The Kier molecular flexibility index (Phi) is 9.23. The summed E-state index contributed by atoms with van der Waals surface area (Å²) in [6, 6.07) is 10.6. The van der Waals surface area contributed by atoms with Crippen LogP contribution in [0, 0.1) is 43.9 Å². The monoisotopic (exact) mass is 623 g/mol. The van der Waals surface area contributed by atoms with E-state index in [0.717, 1.165) is 36.9 Å². The number of benzene rings is 2. The number of phenolic OH excluding ortho intramolecular Hbond substituents is 1. The van der Waals surface area contributed by atoms with Gasteiger partial charge in [-0.2, -0.15) is 0 Å². The van der Waals surface area contributed by atoms with Gasteiger partial charge in [0.15, 0.2) is 0 Å². The zero-order chi connectivity index (χ0) is 20.1. The van der Waals surface area contributed by atoms with Gasteiger partial charge in [0.05, 0.1) is 5.52 Å². The number of hydrogen-bond donors (Lipinski definition) is 2. The van der Waals surface area contributed by atoms with Gasteiger partial charge >= 0.3 is 0 Å². The van der Waals surface area contributed by atoms with Gasteiger partial charge in [0.2, 0.25) is 0 Å². The summed E-state index contributed by atoms with van der Waals surface area (Å²) in [6.45, 7) is 3.78. The first-order valence-corrected chi connectivity index (χ1v) is 9.76. The number of phenols is 1. The molecule has 1 saturated carbocycles. The van der Waals surface area contributed by atoms with E-state index in [1.165, 1.54) is 37.3 Å². The predicted molar refractivity (Wildman–Crippen MR) is 110 cm³/mol. The van der Waals surface area contributed by atoms with Crippen LogP contribution in [0.5, 0.6) is 5.75 Å². The minimum absolute atomic E-state index is 0. The Bertz CT molecular complexity index is 926. The number of aliphatic hydroxyl groups excluding tert-OH is 1. The van der Waals surface area contributed by atoms with E-state index in [1.54, 1.807) is 19.1 Å². The Morgan fingerprint density at radius 3 is 2.28 bits per heavy atom. The van der Waals surface area contributed by atoms with Crippen molar-refractivity contribution in [2.45, 2.75) is 38.5 Å². The number of ether oxygens (including phenoxy) is 1. The summed E-state index contributed by atoms with van der Waals surface area (Å²) >= 11 is 0. The summed E-state index contributed by atoms with van der Waals surface area (Å²) in [6.07, 6.45) is 7.10. The van der Waals surface area contributed by atoms with Gasteiger partial charge in [-0.3, -0.25) is 0 Å². The van der Waals surface area contributed by atoms with Crippen LogP contribution in [-0.2, 0) is 4.74 Å². The van der Waals surface area contributed by atoms with Crippen molar-refractivity contribution in [2.75, 3.05) is 20.3 Å². The third kappa shape index (κ3) is 5.86. The molecule has 0 atom stereocenters. The molecule has 0 radical (unpaired) electrons. The van der Waals surface area contributed by atoms with E-state index in [1.807, 2.05) is 18.2 Å². The molecule has 6 heteroatoms. The van der Waals surface area contributed by atoms with Crippen molar-refractivity contribution in [3.05, 3.63) is 59.5 Å². The van der Waals surface area contributed by atoms with Gasteiger partial charge in [-0.25, -0.2) is 4.39 Å². The average molecular weight is 624 g/mol. The van der Waals surface area contributed by atoms with Gasteiger partial charge in [0.25, 0.3) is 0 Å². The number of aromatic nitrogens is 1. The minimum Gasteiger partial charge on any atom is -0.508 e. The number of fused-ring (bicyclic) bond motifs is 1. The molecule has 2 aliphatic rings. The molecule has 2 fully saturated rings. The zero-order valence-electron chi connectivity index (χ0n) is 17.0. The molecule has 0 spiro atoms. The van der Waals surface area contributed by atoms with Crippen molar-refractivity contribution in [3.63, 3.8) is 0 Å². The van der Waals surface area contributed by atoms with E-state index >= 15 is 0 Å². The summed E-state index contributed by atoms with van der Waals surface area (Å²) in [5.74, 6) is 0.699. The molecule has 2 N–H and O–H groups in total. The average Bonchev–Trinajstić information content (AvgIpc) is 3.22. The van der Waals surface area contributed by atoms with Crippen molar-refractivity contribution in [2.24, 2.45) is 0 Å². The molecule has 2 heterocycles. The first-order chi connectivity index (χ1) is 13.6. The Morgan fingerprint density at radius 2 is 1.72 bits per heavy atom. The second kappa shape index (κ2) is 11.2. The third-order valence-electron chi connectivity index (χ3n) is 5.08. The number of hydrogen-bond acceptors (Lipinski definition) is 3. The number of halogens is 1. The molecule has 2 aromatic carbocycles. The SMILES string of the molecule is C1CCOC1.CO.Cc1cc(-n2cc(C3CC3)c3cc(O)ccc32)ccc1F.[U]. The summed E-state index contributed by atoms with van der Waals surface area (Å²) in [5.41, 5.74) is 3.93. The van der Waals surface area contributed by atoms with Crippen LogP contribution in [0.1, 0.15) is 42.7 Å². The maximum absolute atomic E-state index is 13.5. The number of rotatable bonds is 2. The summed E-state index contributed by atoms with van der Waals surface area (Å²) in [7, 11) is 1.00. The Labute approximate surface area is 195 Å². The topological polar surface area (TPSA) is 54.6 Å². The van der Waals surface area contributed by atoms with Crippen LogP contribution in [0.4, 0.5) is 4.39 Å². The van der Waals surface area contributed by atoms with Crippen molar-refractivity contribution < 1.29 is 50.5 Å². The Balaban J connectivity index is 0.000000325. The van der Waals surface area contributed by atoms with Crippen LogP contribution in [0.15, 0.2) is 42.6 Å². The molecule has 4 nitrogen and oxygen atoms in total. The largest absolute Gasteiger partial charge is 0.508 e. The van der Waals surface area contributed by atoms with Crippen LogP contribution < -0.4 is 0 Å². The number of aliphatic hydroxyl groups is 1. The molecule has 5 rings (SSSR count). The smallest absolute Gasteiger partial charge is 0.126 e. The normalized spacial score (nSPS) is 15.0. The molecule has 3 aromatic rings. The molecule has 1 saturated heterocycles. The molecule has 0 bridgehead atoms. The van der Waals surface area contributed by atoms with Crippen molar-refractivity contribution >= 4 is 10.9 Å². The van der Waals surface area contributed by atoms with Crippen LogP contribution in [-0.4, -0.2) is 35.1 Å². The van der Waals surface area contributed by atoms with Crippen LogP contribution >= 0.6 is 0 Å². The summed E-state index contributed by atoms with van der Waals surface area (Å²) < 4.78 is 20.5. The molecular formula is C23H28FNO3U. The molecule has 29 heavy (non-hydrogen) atoms. The van der Waals surface area contributed by atoms with Gasteiger partial charge in [-0.05, 0) is 86.1 Å². The van der Waals surface area contributed by atoms with Gasteiger partial charge in [-0.15, -0.1) is 0 Å². The van der Waals surface area contributed by atoms with Crippen LogP contribution in [0.2, 0.25) is 0 Å². The zero-order valence-corrected chi connectivity index (χ0v) is 21.2. The van der Waals surface area contributed by atoms with E-state index in [-0.39, 0.29) is 42.7 Å². The summed E-state index contributed by atoms with van der Waals surface area (Å²) in [5, 5.41) is 17.9. The van der Waals surface area contributed by atoms with Gasteiger partial charge in [0, 0.05) is 68.7 Å². The Hall–Kier alpha value is -1.32. The van der Waals surface area contributed by atoms with Gasteiger partial charge in [-0.1, -0.05) is 0 Å².